The molecule has 0 amide bonds. The molecule has 1 aromatic carbocycles. The topological polar surface area (TPSA) is 12.0 Å². The van der Waals surface area contributed by atoms with Crippen LogP contribution >= 0.6 is 23.5 Å². The van der Waals surface area contributed by atoms with E-state index in [1.165, 1.54) is 34.8 Å². The Labute approximate surface area is 107 Å². The van der Waals surface area contributed by atoms with E-state index in [4.69, 9.17) is 0 Å². The van der Waals surface area contributed by atoms with Crippen molar-refractivity contribution in [2.24, 2.45) is 0 Å². The Morgan fingerprint density at radius 2 is 2.19 bits per heavy atom. The van der Waals surface area contributed by atoms with Gasteiger partial charge in [0.25, 0.3) is 0 Å². The van der Waals surface area contributed by atoms with Gasteiger partial charge in [-0.25, -0.2) is 0 Å². The molecule has 0 spiro atoms. The second kappa shape index (κ2) is 6.58. The molecule has 0 atom stereocenters. The zero-order valence-corrected chi connectivity index (χ0v) is 11.4. The van der Waals surface area contributed by atoms with Crippen molar-refractivity contribution >= 4 is 23.5 Å². The first kappa shape index (κ1) is 12.3. The van der Waals surface area contributed by atoms with Gasteiger partial charge in [-0.3, -0.25) is 0 Å². The molecule has 0 aliphatic heterocycles. The maximum atomic E-state index is 3.55. The Balaban J connectivity index is 1.80. The van der Waals surface area contributed by atoms with E-state index in [0.29, 0.717) is 0 Å². The average molecular weight is 253 g/mol. The van der Waals surface area contributed by atoms with Crippen LogP contribution in [0.5, 0.6) is 0 Å². The van der Waals surface area contributed by atoms with Gasteiger partial charge in [-0.05, 0) is 36.8 Å². The molecule has 2 rings (SSSR count). The van der Waals surface area contributed by atoms with Crippen molar-refractivity contribution in [2.45, 2.75) is 30.3 Å². The first-order valence-electron chi connectivity index (χ1n) is 5.82. The summed E-state index contributed by atoms with van der Waals surface area (Å²) in [4.78, 5) is 1.41. The maximum absolute atomic E-state index is 3.55. The number of rotatable bonds is 7. The predicted octanol–water partition coefficient (Wildman–Crippen LogP) is 3.39. The van der Waals surface area contributed by atoms with Gasteiger partial charge < -0.3 is 5.32 Å². The third-order valence-corrected chi connectivity index (χ3v) is 4.49. The smallest absolute Gasteiger partial charge is 0.0208 e. The summed E-state index contributed by atoms with van der Waals surface area (Å²) in [5.74, 6) is 2.44. The van der Waals surface area contributed by atoms with Crippen LogP contribution in [0.15, 0.2) is 29.2 Å². The average Bonchev–Trinajstić information content (AvgIpc) is 3.11. The summed E-state index contributed by atoms with van der Waals surface area (Å²) in [5.41, 5.74) is 1.42. The predicted molar refractivity (Wildman–Crippen MR) is 75.4 cm³/mol. The molecule has 0 radical (unpaired) electrons. The zero-order chi connectivity index (χ0) is 11.2. The number of hydrogen-bond acceptors (Lipinski definition) is 3. The van der Waals surface area contributed by atoms with Gasteiger partial charge in [0.15, 0.2) is 0 Å². The normalized spacial score (nSPS) is 15.3. The summed E-state index contributed by atoms with van der Waals surface area (Å²) in [6.45, 7) is 1.03. The molecule has 3 heteroatoms. The van der Waals surface area contributed by atoms with Crippen LogP contribution in [-0.4, -0.2) is 23.8 Å². The molecule has 1 aromatic rings. The number of hydrogen-bond donors (Lipinski definition) is 1. The lowest BCUT2D eigenvalue weighted by atomic mass is 10.2. The van der Waals surface area contributed by atoms with Gasteiger partial charge in [-0.2, -0.15) is 11.8 Å². The highest BCUT2D eigenvalue weighted by molar-refractivity contribution is 8.02. The summed E-state index contributed by atoms with van der Waals surface area (Å²) in [5, 5.41) is 3.55. The number of thioether (sulfide) groups is 2. The highest BCUT2D eigenvalue weighted by Gasteiger charge is 2.19. The molecule has 1 aliphatic carbocycles. The molecule has 0 saturated heterocycles. The lowest BCUT2D eigenvalue weighted by Crippen LogP contribution is -2.15. The van der Waals surface area contributed by atoms with Gasteiger partial charge in [0, 0.05) is 29.0 Å². The molecule has 1 aliphatic rings. The van der Waals surface area contributed by atoms with E-state index in [0.717, 1.165) is 12.6 Å². The molecule has 1 N–H and O–H groups in total. The Morgan fingerprint density at radius 1 is 1.31 bits per heavy atom. The Bertz CT molecular complexity index is 323. The maximum Gasteiger partial charge on any atom is 0.0208 e. The number of benzene rings is 1. The molecule has 1 saturated carbocycles. The summed E-state index contributed by atoms with van der Waals surface area (Å²) in [6.07, 6.45) is 4.89. The van der Waals surface area contributed by atoms with Gasteiger partial charge in [-0.15, -0.1) is 11.8 Å². The van der Waals surface area contributed by atoms with Crippen molar-refractivity contribution in [2.75, 3.05) is 17.8 Å². The Kier molecular flexibility index (Phi) is 5.07. The monoisotopic (exact) mass is 253 g/mol. The molecule has 1 fully saturated rings. The summed E-state index contributed by atoms with van der Waals surface area (Å²) >= 11 is 3.87. The fourth-order valence-corrected chi connectivity index (χ4v) is 3.18. The van der Waals surface area contributed by atoms with Gasteiger partial charge in [0.2, 0.25) is 0 Å². The van der Waals surface area contributed by atoms with Crippen molar-refractivity contribution in [3.8, 4) is 0 Å². The minimum Gasteiger partial charge on any atom is -0.310 e. The second-order valence-electron chi connectivity index (χ2n) is 4.14. The second-order valence-corrected chi connectivity index (χ2v) is 6.30. The minimum atomic E-state index is 0.799. The fourth-order valence-electron chi connectivity index (χ4n) is 1.54. The van der Waals surface area contributed by atoms with Gasteiger partial charge >= 0.3 is 0 Å². The van der Waals surface area contributed by atoms with E-state index in [2.05, 4.69) is 35.8 Å². The lowest BCUT2D eigenvalue weighted by Gasteiger charge is -2.05. The van der Waals surface area contributed by atoms with Crippen LogP contribution in [0, 0.1) is 0 Å². The van der Waals surface area contributed by atoms with Crippen LogP contribution in [0.2, 0.25) is 0 Å². The lowest BCUT2D eigenvalue weighted by molar-refractivity contribution is 0.687. The van der Waals surface area contributed by atoms with Crippen molar-refractivity contribution < 1.29 is 0 Å². The quantitative estimate of drug-likeness (QED) is 0.591. The van der Waals surface area contributed by atoms with Crippen molar-refractivity contribution in [1.29, 1.82) is 0 Å². The van der Waals surface area contributed by atoms with Crippen molar-refractivity contribution in [3.05, 3.63) is 29.8 Å². The van der Waals surface area contributed by atoms with E-state index >= 15 is 0 Å². The molecule has 0 bridgehead atoms. The van der Waals surface area contributed by atoms with Crippen LogP contribution in [0.1, 0.15) is 18.4 Å². The molecule has 88 valence electrons. The first-order chi connectivity index (χ1) is 7.88. The molecular weight excluding hydrogens is 234 g/mol. The van der Waals surface area contributed by atoms with Gasteiger partial charge in [0.05, 0.1) is 0 Å². The van der Waals surface area contributed by atoms with E-state index in [9.17, 15) is 0 Å². The van der Waals surface area contributed by atoms with Crippen molar-refractivity contribution in [1.82, 2.24) is 5.32 Å². The SMILES string of the molecule is CSCCSc1cccc(CNC2CC2)c1. The third kappa shape index (κ3) is 4.40. The molecule has 0 unspecified atom stereocenters. The summed E-state index contributed by atoms with van der Waals surface area (Å²) in [6, 6.07) is 9.72. The van der Waals surface area contributed by atoms with E-state index in [-0.39, 0.29) is 0 Å². The minimum absolute atomic E-state index is 0.799. The highest BCUT2D eigenvalue weighted by atomic mass is 32.2. The Morgan fingerprint density at radius 3 is 2.94 bits per heavy atom. The first-order valence-corrected chi connectivity index (χ1v) is 8.20. The van der Waals surface area contributed by atoms with E-state index < -0.39 is 0 Å². The van der Waals surface area contributed by atoms with Crippen LogP contribution in [0.25, 0.3) is 0 Å². The van der Waals surface area contributed by atoms with Crippen molar-refractivity contribution in [3.63, 3.8) is 0 Å². The van der Waals surface area contributed by atoms with E-state index in [1.54, 1.807) is 0 Å². The third-order valence-electron chi connectivity index (χ3n) is 2.63. The van der Waals surface area contributed by atoms with E-state index in [1.807, 2.05) is 23.5 Å². The van der Waals surface area contributed by atoms with Crippen LogP contribution < -0.4 is 5.32 Å². The standard InChI is InChI=1S/C13H19NS2/c1-15-7-8-16-13-4-2-3-11(9-13)10-14-12-5-6-12/h2-4,9,12,14H,5-8,10H2,1H3. The largest absolute Gasteiger partial charge is 0.310 e. The molecule has 1 nitrogen and oxygen atoms in total. The summed E-state index contributed by atoms with van der Waals surface area (Å²) < 4.78 is 0. The zero-order valence-electron chi connectivity index (χ0n) is 9.74. The number of nitrogens with one attached hydrogen (secondary N) is 1. The fraction of sp³-hybridized carbons (Fsp3) is 0.538. The highest BCUT2D eigenvalue weighted by Crippen LogP contribution is 2.22. The van der Waals surface area contributed by atoms with Gasteiger partial charge in [-0.1, -0.05) is 12.1 Å². The Hall–Kier alpha value is -0.120. The van der Waals surface area contributed by atoms with Crippen LogP contribution in [-0.2, 0) is 6.54 Å². The van der Waals surface area contributed by atoms with Crippen LogP contribution in [0.3, 0.4) is 0 Å². The van der Waals surface area contributed by atoms with Gasteiger partial charge in [0.1, 0.15) is 0 Å². The molecular formula is C13H19NS2. The molecule has 0 aromatic heterocycles. The molecule has 16 heavy (non-hydrogen) atoms. The molecule has 0 heterocycles. The summed E-state index contributed by atoms with van der Waals surface area (Å²) in [7, 11) is 0. The van der Waals surface area contributed by atoms with Crippen LogP contribution in [0.4, 0.5) is 0 Å².